The molecular formula is C19H18BrN3O3S. The van der Waals surface area contributed by atoms with Crippen molar-refractivity contribution >= 4 is 56.7 Å². The van der Waals surface area contributed by atoms with Crippen LogP contribution in [0.2, 0.25) is 0 Å². The van der Waals surface area contributed by atoms with Crippen LogP contribution >= 0.6 is 28.3 Å². The van der Waals surface area contributed by atoms with Gasteiger partial charge in [0.2, 0.25) is 0 Å². The lowest BCUT2D eigenvalue weighted by atomic mass is 10.1. The van der Waals surface area contributed by atoms with E-state index in [1.165, 1.54) is 11.3 Å². The fourth-order valence-corrected chi connectivity index (χ4v) is 2.95. The summed E-state index contributed by atoms with van der Waals surface area (Å²) in [7, 11) is 0. The van der Waals surface area contributed by atoms with Gasteiger partial charge in [0.15, 0.2) is 5.13 Å². The Bertz CT molecular complexity index is 898. The van der Waals surface area contributed by atoms with E-state index >= 15 is 0 Å². The minimum atomic E-state index is -0.896. The lowest BCUT2D eigenvalue weighted by molar-refractivity contribution is -0.152. The van der Waals surface area contributed by atoms with E-state index in [0.29, 0.717) is 5.69 Å². The normalized spacial score (nSPS) is 9.81. The Kier molecular flexibility index (Phi) is 7.51. The topological polar surface area (TPSA) is 80.3 Å². The Morgan fingerprint density at radius 2 is 1.74 bits per heavy atom. The van der Waals surface area contributed by atoms with Crippen LogP contribution in [0.1, 0.15) is 6.92 Å². The first-order valence-electron chi connectivity index (χ1n) is 8.02. The number of ether oxygens (including phenoxy) is 1. The third-order valence-corrected chi connectivity index (χ3v) is 4.19. The Balaban J connectivity index is 0.00000261. The van der Waals surface area contributed by atoms with Gasteiger partial charge in [0.05, 0.1) is 12.3 Å². The number of thiazole rings is 1. The number of aromatic nitrogens is 1. The Morgan fingerprint density at radius 3 is 2.41 bits per heavy atom. The number of nitrogens with zero attached hydrogens (tertiary/aromatic N) is 1. The van der Waals surface area contributed by atoms with Crippen molar-refractivity contribution in [3.05, 3.63) is 60.0 Å². The molecular weight excluding hydrogens is 430 g/mol. The number of anilines is 3. The highest BCUT2D eigenvalue weighted by molar-refractivity contribution is 8.93. The number of para-hydroxylation sites is 1. The maximum atomic E-state index is 11.6. The molecule has 0 aliphatic carbocycles. The number of carbonyl (C=O) groups excluding carboxylic acids is 2. The number of carbonyl (C=O) groups is 2. The zero-order valence-corrected chi connectivity index (χ0v) is 17.0. The lowest BCUT2D eigenvalue weighted by Gasteiger charge is -2.05. The minimum absolute atomic E-state index is 0. The molecule has 0 spiro atoms. The first-order valence-corrected chi connectivity index (χ1v) is 8.90. The van der Waals surface area contributed by atoms with Crippen molar-refractivity contribution < 1.29 is 14.3 Å². The van der Waals surface area contributed by atoms with Gasteiger partial charge in [-0.3, -0.25) is 4.79 Å². The third-order valence-electron chi connectivity index (χ3n) is 3.43. The molecule has 27 heavy (non-hydrogen) atoms. The van der Waals surface area contributed by atoms with Crippen molar-refractivity contribution in [1.82, 2.24) is 4.98 Å². The average molecular weight is 448 g/mol. The van der Waals surface area contributed by atoms with Crippen LogP contribution < -0.4 is 10.6 Å². The van der Waals surface area contributed by atoms with Gasteiger partial charge >= 0.3 is 11.9 Å². The molecule has 0 atom stereocenters. The van der Waals surface area contributed by atoms with Crippen LogP contribution in [0.15, 0.2) is 60.0 Å². The summed E-state index contributed by atoms with van der Waals surface area (Å²) in [5, 5.41) is 8.51. The largest absolute Gasteiger partial charge is 0.459 e. The molecule has 2 N–H and O–H groups in total. The number of amides is 1. The van der Waals surface area contributed by atoms with E-state index in [0.717, 1.165) is 22.1 Å². The number of nitrogens with one attached hydrogen (secondary N) is 2. The second-order valence-electron chi connectivity index (χ2n) is 5.28. The van der Waals surface area contributed by atoms with E-state index in [1.54, 1.807) is 19.1 Å². The first-order chi connectivity index (χ1) is 12.7. The van der Waals surface area contributed by atoms with Crippen molar-refractivity contribution in [3.8, 4) is 11.3 Å². The molecule has 1 heterocycles. The highest BCUT2D eigenvalue weighted by Gasteiger charge is 2.14. The lowest BCUT2D eigenvalue weighted by Crippen LogP contribution is -2.24. The van der Waals surface area contributed by atoms with E-state index in [2.05, 4.69) is 20.4 Å². The number of hydrogen-bond donors (Lipinski definition) is 2. The molecule has 140 valence electrons. The van der Waals surface area contributed by atoms with Gasteiger partial charge in [-0.2, -0.15) is 0 Å². The predicted molar refractivity (Wildman–Crippen MR) is 113 cm³/mol. The van der Waals surface area contributed by atoms with E-state index in [1.807, 2.05) is 47.8 Å². The smallest absolute Gasteiger partial charge is 0.397 e. The molecule has 2 aromatic carbocycles. The molecule has 0 fully saturated rings. The molecule has 8 heteroatoms. The fraction of sp³-hybridized carbons (Fsp3) is 0.105. The number of rotatable bonds is 5. The number of benzene rings is 2. The Morgan fingerprint density at radius 1 is 1.04 bits per heavy atom. The standard InChI is InChI=1S/C19H17N3O3S.BrH/c1-2-25-18(24)17(23)20-15-10-8-13(9-11-15)16-12-26-19(22-16)21-14-6-4-3-5-7-14;/h3-12H,2H2,1H3,(H,20,23)(H,21,22);1H. The van der Waals surface area contributed by atoms with E-state index in [9.17, 15) is 9.59 Å². The van der Waals surface area contributed by atoms with Gasteiger partial charge < -0.3 is 15.4 Å². The maximum absolute atomic E-state index is 11.6. The number of halogens is 1. The molecule has 0 unspecified atom stereocenters. The molecule has 1 aromatic heterocycles. The van der Waals surface area contributed by atoms with Crippen molar-refractivity contribution in [3.63, 3.8) is 0 Å². The van der Waals surface area contributed by atoms with Gasteiger partial charge in [0.1, 0.15) is 0 Å². The number of esters is 1. The first kappa shape index (κ1) is 20.6. The van der Waals surface area contributed by atoms with Crippen LogP contribution in [0.5, 0.6) is 0 Å². The van der Waals surface area contributed by atoms with Crippen molar-refractivity contribution in [2.75, 3.05) is 17.2 Å². The summed E-state index contributed by atoms with van der Waals surface area (Å²) >= 11 is 1.51. The molecule has 1 amide bonds. The molecule has 0 aliphatic heterocycles. The highest BCUT2D eigenvalue weighted by atomic mass is 79.9. The summed E-state index contributed by atoms with van der Waals surface area (Å²) in [5.41, 5.74) is 3.24. The van der Waals surface area contributed by atoms with Crippen LogP contribution in [0.25, 0.3) is 11.3 Å². The second kappa shape index (κ2) is 9.84. The van der Waals surface area contributed by atoms with Gasteiger partial charge in [-0.25, -0.2) is 9.78 Å². The Hall–Kier alpha value is -2.71. The van der Waals surface area contributed by atoms with Crippen molar-refractivity contribution in [2.45, 2.75) is 6.92 Å². The van der Waals surface area contributed by atoms with Gasteiger partial charge in [-0.15, -0.1) is 28.3 Å². The summed E-state index contributed by atoms with van der Waals surface area (Å²) in [6.45, 7) is 1.81. The predicted octanol–water partition coefficient (Wildman–Crippen LogP) is 4.63. The summed E-state index contributed by atoms with van der Waals surface area (Å²) in [4.78, 5) is 27.5. The Labute approximate surface area is 171 Å². The molecule has 0 bridgehead atoms. The molecule has 3 aromatic rings. The van der Waals surface area contributed by atoms with Crippen LogP contribution in [0.4, 0.5) is 16.5 Å². The summed E-state index contributed by atoms with van der Waals surface area (Å²) in [5.74, 6) is -1.68. The van der Waals surface area contributed by atoms with Gasteiger partial charge in [-0.05, 0) is 31.2 Å². The van der Waals surface area contributed by atoms with Gasteiger partial charge in [-0.1, -0.05) is 30.3 Å². The zero-order valence-electron chi connectivity index (χ0n) is 14.5. The van der Waals surface area contributed by atoms with Crippen molar-refractivity contribution in [2.24, 2.45) is 0 Å². The quantitative estimate of drug-likeness (QED) is 0.440. The van der Waals surface area contributed by atoms with Crippen LogP contribution in [0, 0.1) is 0 Å². The van der Waals surface area contributed by atoms with E-state index < -0.39 is 11.9 Å². The third kappa shape index (κ3) is 5.63. The van der Waals surface area contributed by atoms with Crippen LogP contribution in [-0.4, -0.2) is 23.5 Å². The second-order valence-corrected chi connectivity index (χ2v) is 6.14. The molecule has 0 saturated carbocycles. The molecule has 6 nitrogen and oxygen atoms in total. The monoisotopic (exact) mass is 447 g/mol. The van der Waals surface area contributed by atoms with E-state index in [4.69, 9.17) is 0 Å². The van der Waals surface area contributed by atoms with Gasteiger partial charge in [0.25, 0.3) is 0 Å². The minimum Gasteiger partial charge on any atom is -0.459 e. The summed E-state index contributed by atoms with van der Waals surface area (Å²) in [6, 6.07) is 16.9. The number of hydrogen-bond acceptors (Lipinski definition) is 6. The molecule has 0 radical (unpaired) electrons. The van der Waals surface area contributed by atoms with Crippen molar-refractivity contribution in [1.29, 1.82) is 0 Å². The summed E-state index contributed by atoms with van der Waals surface area (Å²) in [6.07, 6.45) is 0. The van der Waals surface area contributed by atoms with Gasteiger partial charge in [0, 0.05) is 22.3 Å². The summed E-state index contributed by atoms with van der Waals surface area (Å²) < 4.78 is 4.65. The van der Waals surface area contributed by atoms with E-state index in [-0.39, 0.29) is 23.6 Å². The fourth-order valence-electron chi connectivity index (χ4n) is 2.21. The SMILES string of the molecule is Br.CCOC(=O)C(=O)Nc1ccc(-c2csc(Nc3ccccc3)n2)cc1. The molecule has 3 rings (SSSR count). The molecule has 0 aliphatic rings. The zero-order chi connectivity index (χ0) is 18.4. The van der Waals surface area contributed by atoms with Crippen LogP contribution in [-0.2, 0) is 14.3 Å². The van der Waals surface area contributed by atoms with Crippen LogP contribution in [0.3, 0.4) is 0 Å². The maximum Gasteiger partial charge on any atom is 0.397 e. The molecule has 0 saturated heterocycles. The highest BCUT2D eigenvalue weighted by Crippen LogP contribution is 2.27. The average Bonchev–Trinajstić information content (AvgIpc) is 3.12.